The van der Waals surface area contributed by atoms with Gasteiger partial charge >= 0.3 is 0 Å². The van der Waals surface area contributed by atoms with Crippen LogP contribution in [0.1, 0.15) is 24.5 Å². The van der Waals surface area contributed by atoms with Crippen molar-refractivity contribution in [1.29, 1.82) is 0 Å². The van der Waals surface area contributed by atoms with Crippen LogP contribution in [0.4, 0.5) is 5.82 Å². The predicted octanol–water partition coefficient (Wildman–Crippen LogP) is 1.70. The lowest BCUT2D eigenvalue weighted by molar-refractivity contribution is 0.984. The number of nitrogens with two attached hydrogens (primary N) is 1. The van der Waals surface area contributed by atoms with Gasteiger partial charge in [0.15, 0.2) is 5.82 Å². The van der Waals surface area contributed by atoms with Crippen LogP contribution in [0.2, 0.25) is 0 Å². The van der Waals surface area contributed by atoms with Crippen LogP contribution in [0, 0.1) is 0 Å². The van der Waals surface area contributed by atoms with E-state index in [0.717, 1.165) is 11.4 Å². The highest BCUT2D eigenvalue weighted by Gasteiger charge is 2.26. The van der Waals surface area contributed by atoms with Crippen LogP contribution in [0.25, 0.3) is 11.5 Å². The molecular formula is C12H13N5. The Labute approximate surface area is 99.1 Å². The maximum absolute atomic E-state index is 5.43. The van der Waals surface area contributed by atoms with Crippen molar-refractivity contribution < 1.29 is 0 Å². The maximum Gasteiger partial charge on any atom is 0.180 e. The van der Waals surface area contributed by atoms with Crippen molar-refractivity contribution in [3.8, 4) is 11.5 Å². The minimum absolute atomic E-state index is 0.563. The molecule has 0 spiro atoms. The van der Waals surface area contributed by atoms with Gasteiger partial charge in [-0.15, -0.1) is 0 Å². The van der Waals surface area contributed by atoms with Gasteiger partial charge in [-0.2, -0.15) is 0 Å². The first kappa shape index (κ1) is 10.2. The fourth-order valence-electron chi connectivity index (χ4n) is 1.74. The van der Waals surface area contributed by atoms with Crippen LogP contribution in [-0.2, 0) is 0 Å². The molecule has 0 radical (unpaired) electrons. The number of hydrogen-bond acceptors (Lipinski definition) is 5. The number of aromatic nitrogens is 3. The van der Waals surface area contributed by atoms with Crippen molar-refractivity contribution in [2.24, 2.45) is 5.84 Å². The highest BCUT2D eigenvalue weighted by atomic mass is 15.3. The number of nitrogen functional groups attached to an aromatic ring is 1. The molecule has 0 aromatic carbocycles. The van der Waals surface area contributed by atoms with Gasteiger partial charge in [-0.3, -0.25) is 4.98 Å². The molecule has 5 heteroatoms. The van der Waals surface area contributed by atoms with Gasteiger partial charge < -0.3 is 5.43 Å². The van der Waals surface area contributed by atoms with Crippen molar-refractivity contribution in [3.05, 3.63) is 36.2 Å². The van der Waals surface area contributed by atoms with E-state index in [-0.39, 0.29) is 0 Å². The number of nitrogens with zero attached hydrogens (tertiary/aromatic N) is 3. The van der Waals surface area contributed by atoms with Crippen molar-refractivity contribution in [1.82, 2.24) is 15.0 Å². The molecular weight excluding hydrogens is 214 g/mol. The Kier molecular flexibility index (Phi) is 2.45. The number of rotatable bonds is 3. The van der Waals surface area contributed by atoms with E-state index in [9.17, 15) is 0 Å². The van der Waals surface area contributed by atoms with Crippen molar-refractivity contribution >= 4 is 5.82 Å². The van der Waals surface area contributed by atoms with E-state index < -0.39 is 0 Å². The van der Waals surface area contributed by atoms with Gasteiger partial charge in [-0.25, -0.2) is 15.8 Å². The molecule has 0 bridgehead atoms. The number of pyridine rings is 1. The number of hydrogen-bond donors (Lipinski definition) is 2. The second-order valence-corrected chi connectivity index (χ2v) is 4.14. The Hall–Kier alpha value is -2.01. The maximum atomic E-state index is 5.43. The molecule has 1 aliphatic carbocycles. The van der Waals surface area contributed by atoms with Crippen LogP contribution in [-0.4, -0.2) is 15.0 Å². The molecule has 1 aliphatic rings. The highest BCUT2D eigenvalue weighted by Crippen LogP contribution is 2.39. The van der Waals surface area contributed by atoms with Crippen molar-refractivity contribution in [2.45, 2.75) is 18.8 Å². The van der Waals surface area contributed by atoms with E-state index in [1.807, 2.05) is 24.3 Å². The molecule has 5 nitrogen and oxygen atoms in total. The van der Waals surface area contributed by atoms with Gasteiger partial charge in [0.2, 0.25) is 0 Å². The third-order valence-corrected chi connectivity index (χ3v) is 2.78. The number of nitrogens with one attached hydrogen (secondary N) is 1. The normalized spacial score (nSPS) is 14.6. The van der Waals surface area contributed by atoms with E-state index in [4.69, 9.17) is 5.84 Å². The SMILES string of the molecule is NNc1cc(C2CC2)nc(-c2ccccn2)n1. The first-order valence-corrected chi connectivity index (χ1v) is 5.64. The van der Waals surface area contributed by atoms with Crippen LogP contribution in [0.15, 0.2) is 30.5 Å². The Morgan fingerprint density at radius 3 is 2.76 bits per heavy atom. The van der Waals surface area contributed by atoms with Gasteiger partial charge in [0.05, 0.1) is 0 Å². The first-order chi connectivity index (χ1) is 8.36. The molecule has 3 rings (SSSR count). The summed E-state index contributed by atoms with van der Waals surface area (Å²) in [5.41, 5.74) is 4.40. The molecule has 3 N–H and O–H groups in total. The van der Waals surface area contributed by atoms with Crippen molar-refractivity contribution in [2.75, 3.05) is 5.43 Å². The summed E-state index contributed by atoms with van der Waals surface area (Å²) in [6, 6.07) is 7.60. The molecule has 17 heavy (non-hydrogen) atoms. The quantitative estimate of drug-likeness (QED) is 0.616. The average molecular weight is 227 g/mol. The van der Waals surface area contributed by atoms with Gasteiger partial charge in [0, 0.05) is 23.9 Å². The molecule has 0 unspecified atom stereocenters. The van der Waals surface area contributed by atoms with Crippen LogP contribution in [0.3, 0.4) is 0 Å². The lowest BCUT2D eigenvalue weighted by Crippen LogP contribution is -2.10. The van der Waals surface area contributed by atoms with Crippen LogP contribution >= 0.6 is 0 Å². The molecule has 1 saturated carbocycles. The second kappa shape index (κ2) is 4.10. The molecule has 2 aromatic heterocycles. The summed E-state index contributed by atoms with van der Waals surface area (Å²) in [4.78, 5) is 13.1. The summed E-state index contributed by atoms with van der Waals surface area (Å²) in [5.74, 6) is 7.26. The van der Waals surface area contributed by atoms with Crippen LogP contribution < -0.4 is 11.3 Å². The summed E-state index contributed by atoms with van der Waals surface area (Å²) in [5, 5.41) is 0. The van der Waals surface area contributed by atoms with E-state index >= 15 is 0 Å². The molecule has 0 atom stereocenters. The lowest BCUT2D eigenvalue weighted by Gasteiger charge is -2.06. The summed E-state index contributed by atoms with van der Waals surface area (Å²) < 4.78 is 0. The van der Waals surface area contributed by atoms with Crippen molar-refractivity contribution in [3.63, 3.8) is 0 Å². The molecule has 1 fully saturated rings. The first-order valence-electron chi connectivity index (χ1n) is 5.64. The van der Waals surface area contributed by atoms with Gasteiger partial charge in [-0.1, -0.05) is 6.07 Å². The Bertz CT molecular complexity index is 522. The summed E-state index contributed by atoms with van der Waals surface area (Å²) in [7, 11) is 0. The Balaban J connectivity index is 2.06. The van der Waals surface area contributed by atoms with E-state index in [0.29, 0.717) is 17.6 Å². The number of hydrazine groups is 1. The lowest BCUT2D eigenvalue weighted by atomic mass is 10.2. The second-order valence-electron chi connectivity index (χ2n) is 4.14. The molecule has 2 heterocycles. The average Bonchev–Trinajstić information content (AvgIpc) is 3.23. The number of anilines is 1. The molecule has 2 aromatic rings. The highest BCUT2D eigenvalue weighted by molar-refractivity contribution is 5.53. The topological polar surface area (TPSA) is 76.7 Å². The van der Waals surface area contributed by atoms with E-state index in [1.165, 1.54) is 12.8 Å². The smallest absolute Gasteiger partial charge is 0.180 e. The van der Waals surface area contributed by atoms with Crippen LogP contribution in [0.5, 0.6) is 0 Å². The third kappa shape index (κ3) is 2.09. The third-order valence-electron chi connectivity index (χ3n) is 2.78. The minimum Gasteiger partial charge on any atom is -0.308 e. The van der Waals surface area contributed by atoms with Gasteiger partial charge in [0.1, 0.15) is 11.5 Å². The Morgan fingerprint density at radius 2 is 2.12 bits per heavy atom. The molecule has 86 valence electrons. The van der Waals surface area contributed by atoms with E-state index in [2.05, 4.69) is 20.4 Å². The molecule has 0 saturated heterocycles. The zero-order chi connectivity index (χ0) is 11.7. The summed E-state index contributed by atoms with van der Waals surface area (Å²) in [6.07, 6.45) is 4.13. The molecule has 0 aliphatic heterocycles. The fourth-order valence-corrected chi connectivity index (χ4v) is 1.74. The summed E-state index contributed by atoms with van der Waals surface area (Å²) >= 11 is 0. The standard InChI is InChI=1S/C12H13N5/c13-17-11-7-10(8-4-5-8)15-12(16-11)9-3-1-2-6-14-9/h1-3,6-8H,4-5,13H2,(H,15,16,17). The minimum atomic E-state index is 0.563. The zero-order valence-electron chi connectivity index (χ0n) is 9.30. The summed E-state index contributed by atoms with van der Waals surface area (Å²) in [6.45, 7) is 0. The largest absolute Gasteiger partial charge is 0.308 e. The van der Waals surface area contributed by atoms with Gasteiger partial charge in [0.25, 0.3) is 0 Å². The van der Waals surface area contributed by atoms with Gasteiger partial charge in [-0.05, 0) is 25.0 Å². The monoisotopic (exact) mass is 227 g/mol. The Morgan fingerprint density at radius 1 is 1.24 bits per heavy atom. The molecule has 0 amide bonds. The van der Waals surface area contributed by atoms with E-state index in [1.54, 1.807) is 6.20 Å². The predicted molar refractivity (Wildman–Crippen MR) is 65.0 cm³/mol. The zero-order valence-corrected chi connectivity index (χ0v) is 9.30. The fraction of sp³-hybridized carbons (Fsp3) is 0.250.